The number of nitrogen functional groups attached to an aromatic ring is 1. The lowest BCUT2D eigenvalue weighted by Crippen LogP contribution is -1.86. The van der Waals surface area contributed by atoms with E-state index in [0.717, 1.165) is 4.70 Å². The molecule has 0 bridgehead atoms. The fourth-order valence-corrected chi connectivity index (χ4v) is 2.22. The molecule has 2 rings (SSSR count). The maximum absolute atomic E-state index is 13.0. The summed E-state index contributed by atoms with van der Waals surface area (Å²) in [4.78, 5) is 0.698. The molecule has 62 valence electrons. The van der Waals surface area contributed by atoms with Crippen LogP contribution in [0, 0.1) is 5.82 Å². The van der Waals surface area contributed by atoms with E-state index in [2.05, 4.69) is 12.6 Å². The van der Waals surface area contributed by atoms with Crippen LogP contribution < -0.4 is 5.73 Å². The van der Waals surface area contributed by atoms with Crippen LogP contribution in [0.2, 0.25) is 0 Å². The molecule has 0 fully saturated rings. The molecule has 12 heavy (non-hydrogen) atoms. The predicted octanol–water partition coefficient (Wildman–Crippen LogP) is 2.91. The average molecular weight is 199 g/mol. The Hall–Kier alpha value is -0.740. The van der Waals surface area contributed by atoms with E-state index in [0.29, 0.717) is 16.0 Å². The van der Waals surface area contributed by atoms with Gasteiger partial charge in [-0.25, -0.2) is 4.39 Å². The maximum atomic E-state index is 13.0. The molecule has 2 aromatic rings. The van der Waals surface area contributed by atoms with E-state index < -0.39 is 0 Å². The van der Waals surface area contributed by atoms with E-state index in [1.165, 1.54) is 16.7 Å². The highest BCUT2D eigenvalue weighted by Gasteiger charge is 2.07. The summed E-state index contributed by atoms with van der Waals surface area (Å²) in [5.41, 5.74) is 6.26. The Morgan fingerprint density at radius 3 is 2.92 bits per heavy atom. The third kappa shape index (κ3) is 0.990. The molecule has 0 aliphatic carbocycles. The molecule has 1 aromatic carbocycles. The number of fused-ring (bicyclic) bond motifs is 1. The lowest BCUT2D eigenvalue weighted by molar-refractivity contribution is 0.644. The van der Waals surface area contributed by atoms with E-state index in [1.54, 1.807) is 12.1 Å². The number of thiol groups is 1. The first-order valence-corrected chi connectivity index (χ1v) is 4.67. The monoisotopic (exact) mass is 199 g/mol. The molecule has 1 heterocycles. The van der Waals surface area contributed by atoms with Crippen molar-refractivity contribution in [3.63, 3.8) is 0 Å². The van der Waals surface area contributed by atoms with Crippen molar-refractivity contribution in [2.75, 3.05) is 5.73 Å². The number of anilines is 1. The molecule has 2 N–H and O–H groups in total. The zero-order valence-corrected chi connectivity index (χ0v) is 7.75. The lowest BCUT2D eigenvalue weighted by atomic mass is 10.2. The normalized spacial score (nSPS) is 10.8. The number of hydrogen-bond acceptors (Lipinski definition) is 3. The van der Waals surface area contributed by atoms with Gasteiger partial charge in [0, 0.05) is 15.7 Å². The van der Waals surface area contributed by atoms with E-state index in [-0.39, 0.29) is 5.82 Å². The average Bonchev–Trinajstić information content (AvgIpc) is 2.41. The van der Waals surface area contributed by atoms with Gasteiger partial charge in [-0.1, -0.05) is 0 Å². The molecule has 0 radical (unpaired) electrons. The Kier molecular flexibility index (Phi) is 1.73. The van der Waals surface area contributed by atoms with Gasteiger partial charge in [0.1, 0.15) is 5.82 Å². The highest BCUT2D eigenvalue weighted by molar-refractivity contribution is 7.80. The van der Waals surface area contributed by atoms with Gasteiger partial charge in [-0.2, -0.15) is 0 Å². The van der Waals surface area contributed by atoms with Crippen molar-refractivity contribution in [1.29, 1.82) is 0 Å². The number of hydrogen-bond donors (Lipinski definition) is 2. The second-order valence-electron chi connectivity index (χ2n) is 2.46. The fraction of sp³-hybridized carbons (Fsp3) is 0. The standard InChI is InChI=1S/C8H6FNS2/c9-5-3-12-8-4(5)1-2-6(11)7(8)10/h1-3,11H,10H2. The molecule has 0 atom stereocenters. The Bertz CT molecular complexity index is 436. The number of nitrogens with two attached hydrogens (primary N) is 1. The van der Waals surface area contributed by atoms with Crippen molar-refractivity contribution in [2.24, 2.45) is 0 Å². The van der Waals surface area contributed by atoms with Gasteiger partial charge in [0.15, 0.2) is 0 Å². The zero-order valence-electron chi connectivity index (χ0n) is 6.04. The number of halogens is 1. The van der Waals surface area contributed by atoms with Crippen LogP contribution >= 0.6 is 24.0 Å². The summed E-state index contributed by atoms with van der Waals surface area (Å²) < 4.78 is 13.8. The Morgan fingerprint density at radius 2 is 2.17 bits per heavy atom. The fourth-order valence-electron chi connectivity index (χ4n) is 1.08. The Labute approximate surface area is 78.4 Å². The molecule has 0 saturated carbocycles. The summed E-state index contributed by atoms with van der Waals surface area (Å²) >= 11 is 5.45. The van der Waals surface area contributed by atoms with Crippen molar-refractivity contribution in [2.45, 2.75) is 4.90 Å². The van der Waals surface area contributed by atoms with Crippen LogP contribution in [0.15, 0.2) is 22.4 Å². The van der Waals surface area contributed by atoms with Crippen molar-refractivity contribution >= 4 is 39.7 Å². The molecule has 0 amide bonds. The van der Waals surface area contributed by atoms with Crippen LogP contribution in [0.1, 0.15) is 0 Å². The number of thiophene rings is 1. The van der Waals surface area contributed by atoms with Crippen LogP contribution in [0.3, 0.4) is 0 Å². The minimum Gasteiger partial charge on any atom is -0.397 e. The zero-order chi connectivity index (χ0) is 8.72. The Balaban J connectivity index is 2.93. The topological polar surface area (TPSA) is 26.0 Å². The molecule has 4 heteroatoms. The first-order chi connectivity index (χ1) is 5.70. The smallest absolute Gasteiger partial charge is 0.141 e. The third-order valence-corrected chi connectivity index (χ3v) is 3.10. The molecule has 0 saturated heterocycles. The number of rotatable bonds is 0. The summed E-state index contributed by atoms with van der Waals surface area (Å²) in [6, 6.07) is 3.40. The van der Waals surface area contributed by atoms with Crippen LogP contribution in [0.5, 0.6) is 0 Å². The van der Waals surface area contributed by atoms with Gasteiger partial charge in [-0.3, -0.25) is 0 Å². The van der Waals surface area contributed by atoms with E-state index in [1.807, 2.05) is 0 Å². The number of benzene rings is 1. The SMILES string of the molecule is Nc1c(S)ccc2c(F)csc12. The van der Waals surface area contributed by atoms with E-state index in [9.17, 15) is 4.39 Å². The molecule has 0 spiro atoms. The van der Waals surface area contributed by atoms with E-state index in [4.69, 9.17) is 5.73 Å². The minimum atomic E-state index is -0.213. The minimum absolute atomic E-state index is 0.213. The maximum Gasteiger partial charge on any atom is 0.141 e. The second kappa shape index (κ2) is 2.64. The van der Waals surface area contributed by atoms with Crippen molar-refractivity contribution in [3.05, 3.63) is 23.3 Å². The molecule has 0 unspecified atom stereocenters. The Morgan fingerprint density at radius 1 is 1.42 bits per heavy atom. The lowest BCUT2D eigenvalue weighted by Gasteiger charge is -1.98. The first kappa shape index (κ1) is 7.89. The first-order valence-electron chi connectivity index (χ1n) is 3.34. The predicted molar refractivity (Wildman–Crippen MR) is 53.4 cm³/mol. The van der Waals surface area contributed by atoms with Gasteiger partial charge in [0.25, 0.3) is 0 Å². The summed E-state index contributed by atoms with van der Waals surface area (Å²) in [6.45, 7) is 0. The highest BCUT2D eigenvalue weighted by atomic mass is 32.1. The largest absolute Gasteiger partial charge is 0.397 e. The quantitative estimate of drug-likeness (QED) is 0.495. The van der Waals surface area contributed by atoms with Crippen LogP contribution in [-0.2, 0) is 0 Å². The van der Waals surface area contributed by atoms with Gasteiger partial charge < -0.3 is 5.73 Å². The molecule has 0 aliphatic heterocycles. The van der Waals surface area contributed by atoms with Gasteiger partial charge in [-0.05, 0) is 12.1 Å². The summed E-state index contributed by atoms with van der Waals surface area (Å²) in [5.74, 6) is -0.213. The van der Waals surface area contributed by atoms with Gasteiger partial charge in [-0.15, -0.1) is 24.0 Å². The van der Waals surface area contributed by atoms with Crippen molar-refractivity contribution in [3.8, 4) is 0 Å². The molecular weight excluding hydrogens is 193 g/mol. The van der Waals surface area contributed by atoms with E-state index >= 15 is 0 Å². The van der Waals surface area contributed by atoms with Crippen LogP contribution in [0.25, 0.3) is 10.1 Å². The van der Waals surface area contributed by atoms with Crippen molar-refractivity contribution < 1.29 is 4.39 Å². The molecule has 1 aromatic heterocycles. The molecular formula is C8H6FNS2. The van der Waals surface area contributed by atoms with Gasteiger partial charge in [0.05, 0.1) is 10.4 Å². The second-order valence-corrected chi connectivity index (χ2v) is 3.82. The summed E-state index contributed by atoms with van der Waals surface area (Å²) in [6.07, 6.45) is 0. The molecule has 0 aliphatic rings. The van der Waals surface area contributed by atoms with Gasteiger partial charge in [0.2, 0.25) is 0 Å². The summed E-state index contributed by atoms with van der Waals surface area (Å²) in [7, 11) is 0. The summed E-state index contributed by atoms with van der Waals surface area (Å²) in [5, 5.41) is 2.03. The van der Waals surface area contributed by atoms with Crippen molar-refractivity contribution in [1.82, 2.24) is 0 Å². The molecule has 1 nitrogen and oxygen atoms in total. The highest BCUT2D eigenvalue weighted by Crippen LogP contribution is 2.33. The van der Waals surface area contributed by atoms with Crippen LogP contribution in [-0.4, -0.2) is 0 Å². The third-order valence-electron chi connectivity index (χ3n) is 1.71. The van der Waals surface area contributed by atoms with Gasteiger partial charge >= 0.3 is 0 Å². The van der Waals surface area contributed by atoms with Crippen LogP contribution in [0.4, 0.5) is 10.1 Å².